The van der Waals surface area contributed by atoms with Gasteiger partial charge >= 0.3 is 0 Å². The normalized spacial score (nSPS) is 13.4. The van der Waals surface area contributed by atoms with Crippen molar-refractivity contribution in [1.82, 2.24) is 0 Å². The molecule has 1 aliphatic rings. The molecule has 2 aromatic carbocycles. The summed E-state index contributed by atoms with van der Waals surface area (Å²) in [6.07, 6.45) is 2.25. The van der Waals surface area contributed by atoms with E-state index in [1.165, 1.54) is 5.56 Å². The molecule has 0 amide bonds. The summed E-state index contributed by atoms with van der Waals surface area (Å²) in [4.78, 5) is 2.64. The summed E-state index contributed by atoms with van der Waals surface area (Å²) in [7, 11) is 0. The fraction of sp³-hybridized carbons (Fsp3) is 0.0625. The van der Waals surface area contributed by atoms with Gasteiger partial charge in [-0.05, 0) is 30.7 Å². The first kappa shape index (κ1) is 13.1. The minimum Gasteiger partial charge on any atom is -0.245 e. The highest BCUT2D eigenvalue weighted by Gasteiger charge is 2.21. The molecule has 4 heteroatoms. The maximum absolute atomic E-state index is 9.49. The number of rotatable bonds is 1. The van der Waals surface area contributed by atoms with Gasteiger partial charge in [-0.1, -0.05) is 53.2 Å². The zero-order valence-electron chi connectivity index (χ0n) is 10.8. The topological polar surface area (TPSA) is 27.0 Å². The van der Waals surface area contributed by atoms with Crippen LogP contribution in [0, 0.1) is 18.4 Å². The number of benzene rings is 2. The average Bonchev–Trinajstić information content (AvgIpc) is 2.46. The molecule has 0 fully saturated rings. The van der Waals surface area contributed by atoms with Crippen molar-refractivity contribution in [3.63, 3.8) is 0 Å². The smallest absolute Gasteiger partial charge is 0.189 e. The average molecular weight is 299 g/mol. The third-order valence-corrected chi connectivity index (χ3v) is 4.31. The van der Waals surface area contributed by atoms with Crippen LogP contribution in [-0.2, 0) is 0 Å². The van der Waals surface area contributed by atoms with E-state index >= 15 is 0 Å². The molecule has 0 saturated heterocycles. The zero-order valence-corrected chi connectivity index (χ0v) is 12.4. The molecule has 20 heavy (non-hydrogen) atoms. The Kier molecular flexibility index (Phi) is 3.43. The first-order valence-electron chi connectivity index (χ1n) is 6.12. The van der Waals surface area contributed by atoms with Crippen molar-refractivity contribution in [2.75, 3.05) is 4.90 Å². The number of nitrogens with zero attached hydrogens (tertiary/aromatic N) is 2. The summed E-state index contributed by atoms with van der Waals surface area (Å²) in [5.74, 6) is 0. The summed E-state index contributed by atoms with van der Waals surface area (Å²) in [6, 6.07) is 13.7. The fourth-order valence-corrected chi connectivity index (χ4v) is 3.29. The Bertz CT molecular complexity index is 729. The van der Waals surface area contributed by atoms with Gasteiger partial charge in [-0.3, -0.25) is 0 Å². The molecule has 0 unspecified atom stereocenters. The van der Waals surface area contributed by atoms with Gasteiger partial charge in [0, 0.05) is 15.3 Å². The Labute approximate surface area is 127 Å². The number of halogens is 1. The Morgan fingerprint density at radius 1 is 1.15 bits per heavy atom. The Morgan fingerprint density at radius 2 is 1.90 bits per heavy atom. The van der Waals surface area contributed by atoms with E-state index in [1.54, 1.807) is 16.7 Å². The number of nitriles is 1. The molecule has 0 bridgehead atoms. The molecule has 0 spiro atoms. The Morgan fingerprint density at radius 3 is 2.60 bits per heavy atom. The van der Waals surface area contributed by atoms with Gasteiger partial charge in [0.25, 0.3) is 0 Å². The molecular weight excluding hydrogens is 288 g/mol. The van der Waals surface area contributed by atoms with E-state index in [0.29, 0.717) is 5.02 Å². The molecule has 0 atom stereocenters. The van der Waals surface area contributed by atoms with Gasteiger partial charge in [0.2, 0.25) is 0 Å². The molecule has 0 radical (unpaired) electrons. The van der Waals surface area contributed by atoms with Crippen molar-refractivity contribution >= 4 is 34.7 Å². The highest BCUT2D eigenvalue weighted by Crippen LogP contribution is 2.42. The van der Waals surface area contributed by atoms with Crippen LogP contribution >= 0.6 is 23.4 Å². The first-order chi connectivity index (χ1) is 9.69. The van der Waals surface area contributed by atoms with Crippen LogP contribution in [0.15, 0.2) is 52.8 Å². The van der Waals surface area contributed by atoms with E-state index in [9.17, 15) is 5.26 Å². The van der Waals surface area contributed by atoms with Gasteiger partial charge in [0.1, 0.15) is 0 Å². The molecule has 0 aromatic heterocycles. The van der Waals surface area contributed by atoms with E-state index in [1.807, 2.05) is 54.8 Å². The first-order valence-corrected chi connectivity index (χ1v) is 7.38. The largest absolute Gasteiger partial charge is 0.245 e. The molecule has 1 aliphatic heterocycles. The van der Waals surface area contributed by atoms with Crippen molar-refractivity contribution in [1.29, 1.82) is 5.26 Å². The van der Waals surface area contributed by atoms with Gasteiger partial charge in [-0.2, -0.15) is 5.26 Å². The number of hydrogen-bond donors (Lipinski definition) is 0. The summed E-state index contributed by atoms with van der Waals surface area (Å²) < 4.78 is 0. The third kappa shape index (κ3) is 2.29. The van der Waals surface area contributed by atoms with Crippen LogP contribution < -0.4 is 4.90 Å². The molecule has 3 rings (SSSR count). The SMILES string of the molecule is Cc1ccc(C2=CSc3cc(Cl)ccc3N2C#N)cc1. The number of hydrogen-bond acceptors (Lipinski definition) is 3. The molecule has 0 saturated carbocycles. The number of anilines is 1. The lowest BCUT2D eigenvalue weighted by Gasteiger charge is -2.25. The van der Waals surface area contributed by atoms with E-state index < -0.39 is 0 Å². The summed E-state index contributed by atoms with van der Waals surface area (Å²) >= 11 is 7.59. The van der Waals surface area contributed by atoms with Crippen LogP contribution in [-0.4, -0.2) is 0 Å². The van der Waals surface area contributed by atoms with Crippen LogP contribution in [0.5, 0.6) is 0 Å². The number of aryl methyl sites for hydroxylation is 1. The molecule has 1 heterocycles. The van der Waals surface area contributed by atoms with E-state index in [0.717, 1.165) is 21.8 Å². The van der Waals surface area contributed by atoms with Crippen molar-refractivity contribution in [3.05, 3.63) is 64.0 Å². The third-order valence-electron chi connectivity index (χ3n) is 3.15. The van der Waals surface area contributed by atoms with Gasteiger partial charge in [0.15, 0.2) is 6.19 Å². The van der Waals surface area contributed by atoms with E-state index in [-0.39, 0.29) is 0 Å². The maximum Gasteiger partial charge on any atom is 0.189 e. The van der Waals surface area contributed by atoms with Crippen LogP contribution in [0.2, 0.25) is 5.02 Å². The molecule has 2 aromatic rings. The molecule has 98 valence electrons. The van der Waals surface area contributed by atoms with Crippen LogP contribution in [0.25, 0.3) is 5.70 Å². The lowest BCUT2D eigenvalue weighted by molar-refractivity contribution is 1.23. The quantitative estimate of drug-likeness (QED) is 0.690. The van der Waals surface area contributed by atoms with Gasteiger partial charge in [-0.15, -0.1) is 0 Å². The minimum atomic E-state index is 0.682. The van der Waals surface area contributed by atoms with Crippen molar-refractivity contribution in [2.45, 2.75) is 11.8 Å². The van der Waals surface area contributed by atoms with Gasteiger partial charge in [-0.25, -0.2) is 4.90 Å². The minimum absolute atomic E-state index is 0.682. The summed E-state index contributed by atoms with van der Waals surface area (Å²) in [5, 5.41) is 12.2. The second-order valence-electron chi connectivity index (χ2n) is 4.53. The predicted molar refractivity (Wildman–Crippen MR) is 84.6 cm³/mol. The van der Waals surface area contributed by atoms with Gasteiger partial charge in [0.05, 0.1) is 11.4 Å². The predicted octanol–water partition coefficient (Wildman–Crippen LogP) is 5.04. The number of fused-ring (bicyclic) bond motifs is 1. The Balaban J connectivity index is 2.07. The Hall–Kier alpha value is -1.89. The molecule has 0 aliphatic carbocycles. The maximum atomic E-state index is 9.49. The fourth-order valence-electron chi connectivity index (χ4n) is 2.10. The van der Waals surface area contributed by atoms with Crippen molar-refractivity contribution < 1.29 is 0 Å². The van der Waals surface area contributed by atoms with Crippen molar-refractivity contribution in [3.8, 4) is 6.19 Å². The zero-order chi connectivity index (χ0) is 14.1. The monoisotopic (exact) mass is 298 g/mol. The summed E-state index contributed by atoms with van der Waals surface area (Å²) in [5.41, 5.74) is 4.01. The molecule has 0 N–H and O–H groups in total. The molecule has 2 nitrogen and oxygen atoms in total. The lowest BCUT2D eigenvalue weighted by atomic mass is 10.1. The van der Waals surface area contributed by atoms with Crippen molar-refractivity contribution in [2.24, 2.45) is 0 Å². The summed E-state index contributed by atoms with van der Waals surface area (Å²) in [6.45, 7) is 2.05. The highest BCUT2D eigenvalue weighted by atomic mass is 35.5. The second kappa shape index (κ2) is 5.24. The van der Waals surface area contributed by atoms with Crippen LogP contribution in [0.3, 0.4) is 0 Å². The van der Waals surface area contributed by atoms with Crippen LogP contribution in [0.4, 0.5) is 5.69 Å². The number of thioether (sulfide) groups is 1. The standard InChI is InChI=1S/C16H11ClN2S/c1-11-2-4-12(5-3-11)15-9-20-16-8-13(17)6-7-14(16)19(15)10-18/h2-9H,1H3. The molecular formula is C16H11ClN2S. The van der Waals surface area contributed by atoms with Gasteiger partial charge < -0.3 is 0 Å². The lowest BCUT2D eigenvalue weighted by Crippen LogP contribution is -2.17. The van der Waals surface area contributed by atoms with E-state index in [4.69, 9.17) is 11.6 Å². The highest BCUT2D eigenvalue weighted by molar-refractivity contribution is 8.02. The second-order valence-corrected chi connectivity index (χ2v) is 5.88. The van der Waals surface area contributed by atoms with E-state index in [2.05, 4.69) is 6.19 Å². The van der Waals surface area contributed by atoms with Crippen LogP contribution in [0.1, 0.15) is 11.1 Å².